The minimum atomic E-state index is -0.292. The zero-order chi connectivity index (χ0) is 15.5. The molecule has 1 aromatic carbocycles. The molecule has 3 rings (SSSR count). The molecule has 0 aliphatic heterocycles. The van der Waals surface area contributed by atoms with Gasteiger partial charge < -0.3 is 19.4 Å². The van der Waals surface area contributed by atoms with Gasteiger partial charge in [0.2, 0.25) is 0 Å². The molecule has 0 unspecified atom stereocenters. The van der Waals surface area contributed by atoms with Crippen LogP contribution in [-0.4, -0.2) is 27.7 Å². The van der Waals surface area contributed by atoms with Gasteiger partial charge in [0.05, 0.1) is 5.56 Å². The van der Waals surface area contributed by atoms with Gasteiger partial charge in [-0.25, -0.2) is 0 Å². The number of nitrogens with one attached hydrogen (secondary N) is 1. The number of amides is 1. The lowest BCUT2D eigenvalue weighted by atomic mass is 10.1. The second kappa shape index (κ2) is 5.98. The zero-order valence-corrected chi connectivity index (χ0v) is 12.0. The minimum Gasteiger partial charge on any atom is -0.461 e. The van der Waals surface area contributed by atoms with Gasteiger partial charge in [0, 0.05) is 18.4 Å². The van der Waals surface area contributed by atoms with Crippen molar-refractivity contribution in [3.8, 4) is 0 Å². The van der Waals surface area contributed by atoms with Crippen LogP contribution in [-0.2, 0) is 13.0 Å². The Labute approximate surface area is 125 Å². The topological polar surface area (TPSA) is 101 Å². The predicted molar refractivity (Wildman–Crippen MR) is 77.2 cm³/mol. The Hall–Kier alpha value is -2.67. The van der Waals surface area contributed by atoms with E-state index >= 15 is 0 Å². The summed E-state index contributed by atoms with van der Waals surface area (Å²) < 4.78 is 10.4. The van der Waals surface area contributed by atoms with Gasteiger partial charge in [0.25, 0.3) is 11.8 Å². The van der Waals surface area contributed by atoms with Crippen molar-refractivity contribution >= 4 is 16.9 Å². The second-order valence-corrected chi connectivity index (χ2v) is 4.85. The fourth-order valence-corrected chi connectivity index (χ4v) is 2.21. The lowest BCUT2D eigenvalue weighted by Crippen LogP contribution is -2.26. The molecule has 0 fully saturated rings. The molecule has 0 saturated carbocycles. The summed E-state index contributed by atoms with van der Waals surface area (Å²) in [5.74, 6) is 1.15. The number of benzene rings is 1. The molecular formula is C15H15N3O4. The van der Waals surface area contributed by atoms with Crippen molar-refractivity contribution in [2.24, 2.45) is 0 Å². The molecule has 7 nitrogen and oxygen atoms in total. The van der Waals surface area contributed by atoms with Crippen molar-refractivity contribution < 1.29 is 18.8 Å². The maximum Gasteiger partial charge on any atom is 0.255 e. The average Bonchev–Trinajstić information content (AvgIpc) is 3.11. The van der Waals surface area contributed by atoms with Gasteiger partial charge in [-0.05, 0) is 19.1 Å². The van der Waals surface area contributed by atoms with E-state index < -0.39 is 0 Å². The largest absolute Gasteiger partial charge is 0.461 e. The molecule has 0 bridgehead atoms. The highest BCUT2D eigenvalue weighted by molar-refractivity contribution is 6.04. The van der Waals surface area contributed by atoms with E-state index in [2.05, 4.69) is 15.5 Å². The summed E-state index contributed by atoms with van der Waals surface area (Å²) in [5, 5.41) is 16.2. The van der Waals surface area contributed by atoms with Crippen molar-refractivity contribution in [2.45, 2.75) is 20.0 Å². The molecule has 0 aliphatic carbocycles. The number of hydrogen-bond donors (Lipinski definition) is 2. The number of aliphatic hydroxyl groups is 1. The third-order valence-corrected chi connectivity index (χ3v) is 3.19. The summed E-state index contributed by atoms with van der Waals surface area (Å²) in [4.78, 5) is 16.2. The number of fused-ring (bicyclic) bond motifs is 1. The first kappa shape index (κ1) is 14.3. The highest BCUT2D eigenvalue weighted by Gasteiger charge is 2.13. The summed E-state index contributed by atoms with van der Waals surface area (Å²) >= 11 is 0. The van der Waals surface area contributed by atoms with E-state index in [1.807, 2.05) is 25.1 Å². The van der Waals surface area contributed by atoms with Crippen LogP contribution >= 0.6 is 0 Å². The molecule has 2 N–H and O–H groups in total. The number of carbonyl (C=O) groups excluding carboxylic acids is 1. The van der Waals surface area contributed by atoms with E-state index in [-0.39, 0.29) is 18.4 Å². The van der Waals surface area contributed by atoms with Gasteiger partial charge in [0.1, 0.15) is 18.0 Å². The molecular weight excluding hydrogens is 286 g/mol. The van der Waals surface area contributed by atoms with Gasteiger partial charge in [-0.3, -0.25) is 4.79 Å². The first-order valence-electron chi connectivity index (χ1n) is 6.87. The van der Waals surface area contributed by atoms with Crippen LogP contribution in [0.2, 0.25) is 0 Å². The number of aromatic nitrogens is 2. The van der Waals surface area contributed by atoms with Crippen molar-refractivity contribution in [3.05, 3.63) is 47.3 Å². The van der Waals surface area contributed by atoms with E-state index in [0.717, 1.165) is 11.1 Å². The van der Waals surface area contributed by atoms with Crippen LogP contribution in [0.25, 0.3) is 11.0 Å². The van der Waals surface area contributed by atoms with Crippen LogP contribution in [0.5, 0.6) is 0 Å². The van der Waals surface area contributed by atoms with Gasteiger partial charge >= 0.3 is 0 Å². The summed E-state index contributed by atoms with van der Waals surface area (Å²) in [7, 11) is 0. The molecule has 0 spiro atoms. The molecule has 0 saturated heterocycles. The quantitative estimate of drug-likeness (QED) is 0.742. The van der Waals surface area contributed by atoms with Gasteiger partial charge in [-0.2, -0.15) is 4.98 Å². The summed E-state index contributed by atoms with van der Waals surface area (Å²) in [5.41, 5.74) is 1.08. The minimum absolute atomic E-state index is 0.164. The third kappa shape index (κ3) is 2.84. The molecule has 1 amide bonds. The Balaban J connectivity index is 1.66. The third-order valence-electron chi connectivity index (χ3n) is 3.19. The number of para-hydroxylation sites is 1. The molecule has 22 heavy (non-hydrogen) atoms. The normalized spacial score (nSPS) is 11.0. The second-order valence-electron chi connectivity index (χ2n) is 4.85. The lowest BCUT2D eigenvalue weighted by Gasteiger charge is -2.04. The predicted octanol–water partition coefficient (Wildman–Crippen LogP) is 1.59. The maximum absolute atomic E-state index is 12.2. The molecule has 7 heteroatoms. The smallest absolute Gasteiger partial charge is 0.255 e. The van der Waals surface area contributed by atoms with E-state index in [4.69, 9.17) is 14.0 Å². The highest BCUT2D eigenvalue weighted by Crippen LogP contribution is 2.22. The van der Waals surface area contributed by atoms with Crippen LogP contribution < -0.4 is 5.32 Å². The van der Waals surface area contributed by atoms with Crippen molar-refractivity contribution in [1.29, 1.82) is 0 Å². The summed E-state index contributed by atoms with van der Waals surface area (Å²) in [6.45, 7) is 1.91. The van der Waals surface area contributed by atoms with Crippen LogP contribution in [0.3, 0.4) is 0 Å². The Morgan fingerprint density at radius 1 is 1.41 bits per heavy atom. The Morgan fingerprint density at radius 3 is 3.05 bits per heavy atom. The van der Waals surface area contributed by atoms with E-state index in [1.165, 1.54) is 0 Å². The first-order valence-corrected chi connectivity index (χ1v) is 6.87. The number of furan rings is 1. The zero-order valence-electron chi connectivity index (χ0n) is 12.0. The van der Waals surface area contributed by atoms with E-state index in [1.54, 1.807) is 6.07 Å². The molecule has 2 heterocycles. The molecule has 0 radical (unpaired) electrons. The number of aryl methyl sites for hydroxylation is 1. The van der Waals surface area contributed by atoms with Crippen molar-refractivity contribution in [2.75, 3.05) is 6.54 Å². The fourth-order valence-electron chi connectivity index (χ4n) is 2.21. The van der Waals surface area contributed by atoms with E-state index in [9.17, 15) is 4.79 Å². The first-order chi connectivity index (χ1) is 10.7. The molecule has 2 aromatic heterocycles. The molecule has 0 atom stereocenters. The van der Waals surface area contributed by atoms with Crippen LogP contribution in [0.4, 0.5) is 0 Å². The van der Waals surface area contributed by atoms with Gasteiger partial charge in [0.15, 0.2) is 5.82 Å². The average molecular weight is 301 g/mol. The summed E-state index contributed by atoms with van der Waals surface area (Å²) in [6.07, 6.45) is 0.419. The number of aliphatic hydroxyl groups excluding tert-OH is 1. The van der Waals surface area contributed by atoms with Crippen LogP contribution in [0, 0.1) is 6.92 Å². The van der Waals surface area contributed by atoms with Crippen LogP contribution in [0.15, 0.2) is 33.2 Å². The monoisotopic (exact) mass is 301 g/mol. The summed E-state index contributed by atoms with van der Waals surface area (Å²) in [6, 6.07) is 7.33. The molecule has 0 aliphatic rings. The fraction of sp³-hybridized carbons (Fsp3) is 0.267. The maximum atomic E-state index is 12.2. The molecule has 114 valence electrons. The van der Waals surface area contributed by atoms with E-state index in [0.29, 0.717) is 29.9 Å². The Morgan fingerprint density at radius 2 is 2.27 bits per heavy atom. The standard InChI is InChI=1S/C15H15N3O4/c1-9-7-10-3-2-4-11(14(10)21-9)15(20)16-6-5-12-17-13(8-19)22-18-12/h2-4,7,19H,5-6,8H2,1H3,(H,16,20). The Bertz CT molecular complexity index is 806. The number of carbonyl (C=O) groups is 1. The van der Waals surface area contributed by atoms with Crippen molar-refractivity contribution in [3.63, 3.8) is 0 Å². The number of rotatable bonds is 5. The number of nitrogens with zero attached hydrogens (tertiary/aromatic N) is 2. The van der Waals surface area contributed by atoms with Crippen molar-refractivity contribution in [1.82, 2.24) is 15.5 Å². The van der Waals surface area contributed by atoms with Crippen LogP contribution in [0.1, 0.15) is 27.8 Å². The lowest BCUT2D eigenvalue weighted by molar-refractivity contribution is 0.0954. The van der Waals surface area contributed by atoms with Gasteiger partial charge in [-0.1, -0.05) is 17.3 Å². The highest BCUT2D eigenvalue weighted by atomic mass is 16.5. The Kier molecular flexibility index (Phi) is 3.88. The number of hydrogen-bond acceptors (Lipinski definition) is 6. The molecule has 3 aromatic rings. The van der Waals surface area contributed by atoms with Gasteiger partial charge in [-0.15, -0.1) is 0 Å². The SMILES string of the molecule is Cc1cc2cccc(C(=O)NCCc3noc(CO)n3)c2o1.